The molecular formula is C28H28N4O. The number of nitrogens with one attached hydrogen (secondary N) is 1. The molecule has 1 saturated heterocycles. The molecule has 3 heterocycles. The van der Waals surface area contributed by atoms with Crippen molar-refractivity contribution >= 4 is 22.6 Å². The molecule has 1 saturated carbocycles. The molecule has 2 atom stereocenters. The Hall–Kier alpha value is -3.47. The van der Waals surface area contributed by atoms with E-state index in [9.17, 15) is 4.79 Å². The van der Waals surface area contributed by atoms with Crippen molar-refractivity contribution in [2.24, 2.45) is 11.3 Å². The zero-order valence-corrected chi connectivity index (χ0v) is 19.3. The summed E-state index contributed by atoms with van der Waals surface area (Å²) in [5.74, 6) is 0.793. The van der Waals surface area contributed by atoms with Crippen molar-refractivity contribution in [3.05, 3.63) is 78.1 Å². The van der Waals surface area contributed by atoms with Gasteiger partial charge in [0.2, 0.25) is 0 Å². The van der Waals surface area contributed by atoms with Crippen molar-refractivity contribution in [2.45, 2.75) is 32.6 Å². The average Bonchev–Trinajstić information content (AvgIpc) is 3.17. The van der Waals surface area contributed by atoms with Crippen LogP contribution in [0.4, 0.5) is 5.69 Å². The van der Waals surface area contributed by atoms with Gasteiger partial charge in [-0.15, -0.1) is 0 Å². The molecule has 5 nitrogen and oxygen atoms in total. The Bertz CT molecular complexity index is 1370. The highest BCUT2D eigenvalue weighted by Gasteiger charge is 2.60. The van der Waals surface area contributed by atoms with Gasteiger partial charge in [-0.05, 0) is 30.0 Å². The molecule has 0 radical (unpaired) electrons. The van der Waals surface area contributed by atoms with E-state index in [0.717, 1.165) is 30.3 Å². The number of nitrogens with zero attached hydrogens (tertiary/aromatic N) is 3. The van der Waals surface area contributed by atoms with Crippen LogP contribution in [0.3, 0.4) is 0 Å². The quantitative estimate of drug-likeness (QED) is 0.421. The van der Waals surface area contributed by atoms with Crippen molar-refractivity contribution < 1.29 is 4.79 Å². The van der Waals surface area contributed by atoms with Crippen LogP contribution in [0.1, 0.15) is 43.1 Å². The van der Waals surface area contributed by atoms with E-state index in [2.05, 4.69) is 69.5 Å². The fourth-order valence-corrected chi connectivity index (χ4v) is 5.37. The number of aromatic amines is 1. The highest BCUT2D eigenvalue weighted by molar-refractivity contribution is 6.08. The lowest BCUT2D eigenvalue weighted by molar-refractivity contribution is 0.0860. The second kappa shape index (κ2) is 7.01. The van der Waals surface area contributed by atoms with E-state index < -0.39 is 5.41 Å². The second-order valence-corrected chi connectivity index (χ2v) is 10.6. The third kappa shape index (κ3) is 3.26. The third-order valence-electron chi connectivity index (χ3n) is 7.31. The molecule has 1 N–H and O–H groups in total. The topological polar surface area (TPSA) is 61.9 Å². The van der Waals surface area contributed by atoms with Crippen LogP contribution in [-0.2, 0) is 5.41 Å². The maximum Gasteiger partial charge on any atom is 0.171 e. The summed E-state index contributed by atoms with van der Waals surface area (Å²) in [5.41, 5.74) is 6.22. The molecule has 6 rings (SSSR count). The summed E-state index contributed by atoms with van der Waals surface area (Å²) in [7, 11) is 0. The zero-order valence-electron chi connectivity index (χ0n) is 19.3. The Kier molecular flexibility index (Phi) is 4.28. The Morgan fingerprint density at radius 1 is 1.12 bits per heavy atom. The van der Waals surface area contributed by atoms with Crippen LogP contribution in [0.15, 0.2) is 67.0 Å². The van der Waals surface area contributed by atoms with Crippen LogP contribution in [-0.4, -0.2) is 33.8 Å². The standard InChI is InChI=1S/C28H28N4O/c1-27(2,3)25(33)22-14-29-26-24(22)31-23(15-30-26)18-8-7-11-21(12-18)32-16-20-13-28(20,17-32)19-9-5-4-6-10-19/h4-12,14-15,20H,13,16-17H2,1-3H3,(H,29,30)/t20-,28-/m0/s1. The molecule has 0 bridgehead atoms. The molecule has 33 heavy (non-hydrogen) atoms. The summed E-state index contributed by atoms with van der Waals surface area (Å²) in [6, 6.07) is 19.5. The molecule has 0 amide bonds. The first kappa shape index (κ1) is 20.2. The SMILES string of the molecule is CC(C)(C)C(=O)c1c[nH]c2ncc(-c3cccc(N4C[C@@H]5C[C@@]5(c5ccccc5)C4)c3)nc12. The number of H-pyrrole nitrogens is 1. The number of hydrogen-bond donors (Lipinski definition) is 1. The highest BCUT2D eigenvalue weighted by atomic mass is 16.1. The number of Topliss-reactive ketones (excluding diaryl/α,β-unsaturated/α-hetero) is 1. The summed E-state index contributed by atoms with van der Waals surface area (Å²) in [6.07, 6.45) is 4.81. The van der Waals surface area contributed by atoms with Gasteiger partial charge in [0.05, 0.1) is 17.5 Å². The first-order chi connectivity index (χ1) is 15.8. The molecule has 2 aromatic heterocycles. The molecule has 2 aliphatic rings. The largest absolute Gasteiger partial charge is 0.370 e. The van der Waals surface area contributed by atoms with E-state index in [1.54, 1.807) is 12.4 Å². The van der Waals surface area contributed by atoms with E-state index in [1.165, 1.54) is 17.7 Å². The lowest BCUT2D eigenvalue weighted by atomic mass is 9.87. The van der Waals surface area contributed by atoms with Crippen LogP contribution in [0.25, 0.3) is 22.4 Å². The van der Waals surface area contributed by atoms with E-state index in [-0.39, 0.29) is 5.78 Å². The molecule has 4 aromatic rings. The van der Waals surface area contributed by atoms with Crippen molar-refractivity contribution in [1.29, 1.82) is 0 Å². The zero-order chi connectivity index (χ0) is 22.8. The van der Waals surface area contributed by atoms with Crippen LogP contribution in [0, 0.1) is 11.3 Å². The molecule has 166 valence electrons. The van der Waals surface area contributed by atoms with E-state index in [0.29, 0.717) is 22.1 Å². The summed E-state index contributed by atoms with van der Waals surface area (Å²) in [6.45, 7) is 7.93. The number of anilines is 1. The molecule has 1 aliphatic heterocycles. The van der Waals surface area contributed by atoms with Gasteiger partial charge in [0.15, 0.2) is 11.4 Å². The van der Waals surface area contributed by atoms with Gasteiger partial charge in [0.1, 0.15) is 5.52 Å². The Labute approximate surface area is 193 Å². The molecule has 0 spiro atoms. The van der Waals surface area contributed by atoms with Crippen molar-refractivity contribution in [1.82, 2.24) is 15.0 Å². The maximum absolute atomic E-state index is 12.9. The lowest BCUT2D eigenvalue weighted by Crippen LogP contribution is -2.26. The number of ketones is 1. The number of piperidine rings is 1. The van der Waals surface area contributed by atoms with E-state index in [4.69, 9.17) is 4.98 Å². The van der Waals surface area contributed by atoms with Gasteiger partial charge in [0.25, 0.3) is 0 Å². The van der Waals surface area contributed by atoms with Crippen molar-refractivity contribution in [2.75, 3.05) is 18.0 Å². The number of fused-ring (bicyclic) bond motifs is 2. The fraction of sp³-hybridized carbons (Fsp3) is 0.321. The molecule has 1 aliphatic carbocycles. The molecule has 5 heteroatoms. The van der Waals surface area contributed by atoms with Crippen LogP contribution in [0.5, 0.6) is 0 Å². The molecular weight excluding hydrogens is 408 g/mol. The Morgan fingerprint density at radius 3 is 2.73 bits per heavy atom. The molecule has 2 aromatic carbocycles. The summed E-state index contributed by atoms with van der Waals surface area (Å²) in [5, 5.41) is 0. The minimum atomic E-state index is -0.474. The van der Waals surface area contributed by atoms with E-state index in [1.807, 2.05) is 20.8 Å². The van der Waals surface area contributed by atoms with Gasteiger partial charge in [-0.2, -0.15) is 0 Å². The molecule has 0 unspecified atom stereocenters. The predicted octanol–water partition coefficient (Wildman–Crippen LogP) is 5.63. The highest BCUT2D eigenvalue weighted by Crippen LogP contribution is 2.59. The van der Waals surface area contributed by atoms with Gasteiger partial charge < -0.3 is 9.88 Å². The Balaban J connectivity index is 1.31. The predicted molar refractivity (Wildman–Crippen MR) is 132 cm³/mol. The van der Waals surface area contributed by atoms with Crippen molar-refractivity contribution in [3.63, 3.8) is 0 Å². The molecule has 2 fully saturated rings. The van der Waals surface area contributed by atoms with Gasteiger partial charge in [0, 0.05) is 41.4 Å². The van der Waals surface area contributed by atoms with Crippen molar-refractivity contribution in [3.8, 4) is 11.3 Å². The van der Waals surface area contributed by atoms with Crippen LogP contribution >= 0.6 is 0 Å². The summed E-state index contributed by atoms with van der Waals surface area (Å²) < 4.78 is 0. The second-order valence-electron chi connectivity index (χ2n) is 10.6. The van der Waals surface area contributed by atoms with Crippen LogP contribution < -0.4 is 4.90 Å². The first-order valence-electron chi connectivity index (χ1n) is 11.6. The first-order valence-corrected chi connectivity index (χ1v) is 11.6. The van der Waals surface area contributed by atoms with Gasteiger partial charge >= 0.3 is 0 Å². The number of aromatic nitrogens is 3. The summed E-state index contributed by atoms with van der Waals surface area (Å²) >= 11 is 0. The number of hydrogen-bond acceptors (Lipinski definition) is 4. The van der Waals surface area contributed by atoms with Gasteiger partial charge in [-0.3, -0.25) is 4.79 Å². The lowest BCUT2D eigenvalue weighted by Gasteiger charge is -2.24. The van der Waals surface area contributed by atoms with Crippen LogP contribution in [0.2, 0.25) is 0 Å². The third-order valence-corrected chi connectivity index (χ3v) is 7.31. The number of rotatable bonds is 4. The normalized spacial score (nSPS) is 21.9. The minimum absolute atomic E-state index is 0.0662. The monoisotopic (exact) mass is 436 g/mol. The minimum Gasteiger partial charge on any atom is -0.370 e. The van der Waals surface area contributed by atoms with Gasteiger partial charge in [-0.25, -0.2) is 9.97 Å². The summed E-state index contributed by atoms with van der Waals surface area (Å²) in [4.78, 5) is 27.9. The number of carbonyl (C=O) groups excluding carboxylic acids is 1. The Morgan fingerprint density at radius 2 is 1.94 bits per heavy atom. The maximum atomic E-state index is 12.9. The fourth-order valence-electron chi connectivity index (χ4n) is 5.37. The average molecular weight is 437 g/mol. The smallest absolute Gasteiger partial charge is 0.171 e. The van der Waals surface area contributed by atoms with Gasteiger partial charge in [-0.1, -0.05) is 63.2 Å². The number of benzene rings is 2. The van der Waals surface area contributed by atoms with E-state index >= 15 is 0 Å². The number of carbonyl (C=O) groups is 1.